The molecule has 0 aliphatic heterocycles. The van der Waals surface area contributed by atoms with Crippen LogP contribution in [-0.2, 0) is 0 Å². The van der Waals surface area contributed by atoms with E-state index in [-0.39, 0.29) is 0 Å². The summed E-state index contributed by atoms with van der Waals surface area (Å²) >= 11 is 0. The lowest BCUT2D eigenvalue weighted by Gasteiger charge is -2.20. The van der Waals surface area contributed by atoms with Crippen LogP contribution in [0.1, 0.15) is 0 Å². The highest BCUT2D eigenvalue weighted by Crippen LogP contribution is 2.48. The van der Waals surface area contributed by atoms with E-state index in [2.05, 4.69) is 206 Å². The molecule has 0 N–H and O–H groups in total. The standard InChI is InChI=1S/C54H34/c1-5-17-35(18-6-1)39-29-30-40(36-19-7-2-8-20-36)46-32-49-47(31-45(39)46)41-25-13-14-26-42(41)48-33-51-52(34-50(48)49)54(38-23-11-4-12-24-38)44-28-16-15-27-43(44)53(51)37-21-9-3-10-22-37/h1-34H. The summed E-state index contributed by atoms with van der Waals surface area (Å²) in [5.74, 6) is 0. The molecule has 0 aromatic heterocycles. The fourth-order valence-corrected chi connectivity index (χ4v) is 9.03. The molecule has 0 saturated carbocycles. The van der Waals surface area contributed by atoms with Gasteiger partial charge in [0, 0.05) is 0 Å². The van der Waals surface area contributed by atoms with Crippen LogP contribution in [-0.4, -0.2) is 0 Å². The topological polar surface area (TPSA) is 0 Å². The first-order valence-corrected chi connectivity index (χ1v) is 18.8. The monoisotopic (exact) mass is 682 g/mol. The van der Waals surface area contributed by atoms with Gasteiger partial charge in [0.1, 0.15) is 0 Å². The molecule has 0 radical (unpaired) electrons. The molecule has 0 nitrogen and oxygen atoms in total. The smallest absolute Gasteiger partial charge is 0.00261 e. The van der Waals surface area contributed by atoms with Gasteiger partial charge in [-0.25, -0.2) is 0 Å². The minimum atomic E-state index is 1.22. The third kappa shape index (κ3) is 4.71. The fraction of sp³-hybridized carbons (Fsp3) is 0. The van der Waals surface area contributed by atoms with Crippen LogP contribution in [0.3, 0.4) is 0 Å². The molecule has 0 heteroatoms. The van der Waals surface area contributed by atoms with Crippen molar-refractivity contribution in [1.29, 1.82) is 0 Å². The predicted octanol–water partition coefficient (Wildman–Crippen LogP) is 15.3. The Hall–Kier alpha value is -7.02. The molecular formula is C54H34. The molecule has 0 heterocycles. The van der Waals surface area contributed by atoms with Crippen LogP contribution >= 0.6 is 0 Å². The second-order valence-electron chi connectivity index (χ2n) is 14.4. The summed E-state index contributed by atoms with van der Waals surface area (Å²) in [7, 11) is 0. The summed E-state index contributed by atoms with van der Waals surface area (Å²) in [5, 5.41) is 15.2. The number of hydrogen-bond donors (Lipinski definition) is 0. The van der Waals surface area contributed by atoms with Crippen molar-refractivity contribution < 1.29 is 0 Å². The van der Waals surface area contributed by atoms with E-state index in [0.717, 1.165) is 0 Å². The van der Waals surface area contributed by atoms with E-state index in [9.17, 15) is 0 Å². The molecule has 0 bridgehead atoms. The summed E-state index contributed by atoms with van der Waals surface area (Å²) in [6, 6.07) is 76.1. The average Bonchev–Trinajstić information content (AvgIpc) is 3.25. The van der Waals surface area contributed by atoms with Crippen molar-refractivity contribution in [3.05, 3.63) is 206 Å². The van der Waals surface area contributed by atoms with E-state index in [4.69, 9.17) is 0 Å². The lowest BCUT2D eigenvalue weighted by molar-refractivity contribution is 1.63. The highest BCUT2D eigenvalue weighted by atomic mass is 14.2. The predicted molar refractivity (Wildman–Crippen MR) is 233 cm³/mol. The van der Waals surface area contributed by atoms with Crippen LogP contribution in [0.4, 0.5) is 0 Å². The Morgan fingerprint density at radius 3 is 0.815 bits per heavy atom. The van der Waals surface area contributed by atoms with Crippen LogP contribution in [0.15, 0.2) is 206 Å². The van der Waals surface area contributed by atoms with E-state index in [1.54, 1.807) is 0 Å². The molecule has 250 valence electrons. The average molecular weight is 683 g/mol. The molecule has 0 fully saturated rings. The molecule has 11 rings (SSSR count). The van der Waals surface area contributed by atoms with Crippen molar-refractivity contribution in [2.75, 3.05) is 0 Å². The molecule has 54 heavy (non-hydrogen) atoms. The molecule has 0 saturated heterocycles. The van der Waals surface area contributed by atoms with Gasteiger partial charge in [0.2, 0.25) is 0 Å². The van der Waals surface area contributed by atoms with Crippen LogP contribution in [0.5, 0.6) is 0 Å². The van der Waals surface area contributed by atoms with Gasteiger partial charge in [0.05, 0.1) is 0 Å². The number of rotatable bonds is 4. The van der Waals surface area contributed by atoms with Crippen molar-refractivity contribution in [2.45, 2.75) is 0 Å². The molecular weight excluding hydrogens is 649 g/mol. The molecule has 0 spiro atoms. The van der Waals surface area contributed by atoms with Crippen molar-refractivity contribution in [3.63, 3.8) is 0 Å². The summed E-state index contributed by atoms with van der Waals surface area (Å²) in [6.07, 6.45) is 0. The quantitative estimate of drug-likeness (QED) is 0.128. The lowest BCUT2D eigenvalue weighted by atomic mass is 9.83. The van der Waals surface area contributed by atoms with E-state index in [1.165, 1.54) is 109 Å². The summed E-state index contributed by atoms with van der Waals surface area (Å²) in [6.45, 7) is 0. The largest absolute Gasteiger partial charge is 0.0622 e. The van der Waals surface area contributed by atoms with Crippen LogP contribution in [0.25, 0.3) is 109 Å². The van der Waals surface area contributed by atoms with Gasteiger partial charge in [0.25, 0.3) is 0 Å². The van der Waals surface area contributed by atoms with Gasteiger partial charge in [-0.1, -0.05) is 182 Å². The normalized spacial score (nSPS) is 11.7. The second kappa shape index (κ2) is 12.3. The van der Waals surface area contributed by atoms with Crippen molar-refractivity contribution >= 4 is 64.6 Å². The summed E-state index contributed by atoms with van der Waals surface area (Å²) in [4.78, 5) is 0. The Morgan fingerprint density at radius 2 is 0.444 bits per heavy atom. The number of benzene rings is 11. The number of fused-ring (bicyclic) bond motifs is 9. The van der Waals surface area contributed by atoms with Crippen molar-refractivity contribution in [1.82, 2.24) is 0 Å². The third-order valence-electron chi connectivity index (χ3n) is 11.4. The molecule has 0 unspecified atom stereocenters. The zero-order valence-electron chi connectivity index (χ0n) is 29.6. The van der Waals surface area contributed by atoms with Gasteiger partial charge in [-0.3, -0.25) is 0 Å². The fourth-order valence-electron chi connectivity index (χ4n) is 9.03. The first kappa shape index (κ1) is 30.6. The summed E-state index contributed by atoms with van der Waals surface area (Å²) < 4.78 is 0. The van der Waals surface area contributed by atoms with Crippen LogP contribution in [0.2, 0.25) is 0 Å². The first-order chi connectivity index (χ1) is 26.8. The van der Waals surface area contributed by atoms with Crippen molar-refractivity contribution in [3.8, 4) is 44.5 Å². The van der Waals surface area contributed by atoms with E-state index < -0.39 is 0 Å². The SMILES string of the molecule is c1ccc(-c2ccc(-c3ccccc3)c3cc4c(cc23)c2ccccc2c2cc3c(-c5ccccc5)c5ccccc5c(-c5ccccc5)c3cc42)cc1. The maximum absolute atomic E-state index is 2.51. The Labute approximate surface area is 314 Å². The Bertz CT molecular complexity index is 3220. The van der Waals surface area contributed by atoms with Gasteiger partial charge in [-0.15, -0.1) is 0 Å². The van der Waals surface area contributed by atoms with E-state index >= 15 is 0 Å². The minimum absolute atomic E-state index is 1.22. The van der Waals surface area contributed by atoms with Crippen LogP contribution in [0, 0.1) is 0 Å². The Morgan fingerprint density at radius 1 is 0.167 bits per heavy atom. The minimum Gasteiger partial charge on any atom is -0.0622 e. The van der Waals surface area contributed by atoms with Gasteiger partial charge in [0.15, 0.2) is 0 Å². The van der Waals surface area contributed by atoms with E-state index in [1.807, 2.05) is 0 Å². The maximum atomic E-state index is 2.51. The van der Waals surface area contributed by atoms with Gasteiger partial charge in [-0.2, -0.15) is 0 Å². The van der Waals surface area contributed by atoms with Gasteiger partial charge >= 0.3 is 0 Å². The summed E-state index contributed by atoms with van der Waals surface area (Å²) in [5.41, 5.74) is 9.97. The number of hydrogen-bond acceptors (Lipinski definition) is 0. The highest BCUT2D eigenvalue weighted by molar-refractivity contribution is 6.33. The first-order valence-electron chi connectivity index (χ1n) is 18.8. The highest BCUT2D eigenvalue weighted by Gasteiger charge is 2.20. The van der Waals surface area contributed by atoms with Gasteiger partial charge < -0.3 is 0 Å². The lowest BCUT2D eigenvalue weighted by Crippen LogP contribution is -1.93. The maximum Gasteiger partial charge on any atom is -0.00261 e. The van der Waals surface area contributed by atoms with Gasteiger partial charge in [-0.05, 0) is 133 Å². The zero-order chi connectivity index (χ0) is 35.6. The third-order valence-corrected chi connectivity index (χ3v) is 11.4. The molecule has 0 aliphatic carbocycles. The van der Waals surface area contributed by atoms with Crippen molar-refractivity contribution in [2.24, 2.45) is 0 Å². The molecule has 0 atom stereocenters. The Kier molecular flexibility index (Phi) is 6.97. The second-order valence-corrected chi connectivity index (χ2v) is 14.4. The Balaban J connectivity index is 1.37. The molecule has 11 aromatic carbocycles. The molecule has 11 aromatic rings. The van der Waals surface area contributed by atoms with E-state index in [0.29, 0.717) is 0 Å². The van der Waals surface area contributed by atoms with Crippen LogP contribution < -0.4 is 0 Å². The molecule has 0 aliphatic rings. The zero-order valence-corrected chi connectivity index (χ0v) is 29.6. The molecule has 0 amide bonds.